The Kier molecular flexibility index (Phi) is 7.61. The van der Waals surface area contributed by atoms with Crippen LogP contribution in [0.4, 0.5) is 5.82 Å². The first-order valence-corrected chi connectivity index (χ1v) is 8.88. The van der Waals surface area contributed by atoms with Crippen LogP contribution in [-0.4, -0.2) is 29.9 Å². The lowest BCUT2D eigenvalue weighted by Gasteiger charge is -2.11. The van der Waals surface area contributed by atoms with E-state index in [0.717, 1.165) is 17.8 Å². The molecule has 0 radical (unpaired) electrons. The molecule has 0 aliphatic rings. The summed E-state index contributed by atoms with van der Waals surface area (Å²) < 4.78 is 0. The molecule has 0 fully saturated rings. The molecule has 0 spiro atoms. The standard InChI is InChI=1S/C20H27N5O/c1-4-21-20(23-14-17-9-5-7-15(2)13-17)22-12-11-19(26)25-18-10-6-8-16(3)24-18/h5-10,13H,4,11-12,14H2,1-3H3,(H2,21,22,23)(H,24,25,26). The molecular formula is C20H27N5O. The van der Waals surface area contributed by atoms with Gasteiger partial charge in [-0.05, 0) is 38.5 Å². The summed E-state index contributed by atoms with van der Waals surface area (Å²) in [6.07, 6.45) is 0.338. The molecule has 138 valence electrons. The average molecular weight is 353 g/mol. The van der Waals surface area contributed by atoms with Crippen molar-refractivity contribution in [2.45, 2.75) is 33.7 Å². The third kappa shape index (κ3) is 6.93. The van der Waals surface area contributed by atoms with Gasteiger partial charge in [0.2, 0.25) is 5.91 Å². The van der Waals surface area contributed by atoms with Gasteiger partial charge in [0.15, 0.2) is 5.96 Å². The summed E-state index contributed by atoms with van der Waals surface area (Å²) in [5, 5.41) is 9.19. The summed E-state index contributed by atoms with van der Waals surface area (Å²) in [6, 6.07) is 13.8. The second-order valence-electron chi connectivity index (χ2n) is 6.07. The Morgan fingerprint density at radius 1 is 1.12 bits per heavy atom. The summed E-state index contributed by atoms with van der Waals surface area (Å²) >= 11 is 0. The Morgan fingerprint density at radius 3 is 2.65 bits per heavy atom. The van der Waals surface area contributed by atoms with Crippen LogP contribution in [0.3, 0.4) is 0 Å². The molecule has 0 saturated carbocycles. The number of nitrogens with zero attached hydrogens (tertiary/aromatic N) is 2. The number of benzene rings is 1. The fourth-order valence-corrected chi connectivity index (χ4v) is 2.44. The minimum Gasteiger partial charge on any atom is -0.357 e. The fraction of sp³-hybridized carbons (Fsp3) is 0.350. The number of hydrogen-bond acceptors (Lipinski definition) is 3. The highest BCUT2D eigenvalue weighted by Crippen LogP contribution is 2.05. The van der Waals surface area contributed by atoms with Crippen molar-refractivity contribution in [3.05, 3.63) is 59.3 Å². The van der Waals surface area contributed by atoms with Gasteiger partial charge in [0.1, 0.15) is 5.82 Å². The van der Waals surface area contributed by atoms with Gasteiger partial charge in [-0.3, -0.25) is 4.79 Å². The quantitative estimate of drug-likeness (QED) is 0.528. The first kappa shape index (κ1) is 19.4. The topological polar surface area (TPSA) is 78.4 Å². The van der Waals surface area contributed by atoms with Crippen molar-refractivity contribution >= 4 is 17.7 Å². The Labute approximate surface area is 155 Å². The molecule has 6 nitrogen and oxygen atoms in total. The zero-order valence-corrected chi connectivity index (χ0v) is 15.7. The maximum Gasteiger partial charge on any atom is 0.227 e. The lowest BCUT2D eigenvalue weighted by atomic mass is 10.1. The van der Waals surface area contributed by atoms with Crippen molar-refractivity contribution < 1.29 is 4.79 Å². The number of rotatable bonds is 7. The predicted molar refractivity (Wildman–Crippen MR) is 106 cm³/mol. The summed E-state index contributed by atoms with van der Waals surface area (Å²) in [5.74, 6) is 1.20. The van der Waals surface area contributed by atoms with Crippen LogP contribution < -0.4 is 16.0 Å². The average Bonchev–Trinajstić information content (AvgIpc) is 2.60. The molecule has 0 bridgehead atoms. The number of anilines is 1. The Hall–Kier alpha value is -2.89. The third-order valence-corrected chi connectivity index (χ3v) is 3.65. The van der Waals surface area contributed by atoms with Gasteiger partial charge in [-0.25, -0.2) is 9.98 Å². The minimum atomic E-state index is -0.0786. The highest BCUT2D eigenvalue weighted by Gasteiger charge is 2.04. The van der Waals surface area contributed by atoms with E-state index in [9.17, 15) is 4.79 Å². The smallest absolute Gasteiger partial charge is 0.227 e. The van der Waals surface area contributed by atoms with Crippen molar-refractivity contribution in [3.8, 4) is 0 Å². The number of aliphatic imine (C=N–C) groups is 1. The molecule has 0 aliphatic heterocycles. The van der Waals surface area contributed by atoms with Crippen LogP contribution in [0.5, 0.6) is 0 Å². The van der Waals surface area contributed by atoms with E-state index in [-0.39, 0.29) is 5.91 Å². The molecule has 6 heteroatoms. The van der Waals surface area contributed by atoms with Gasteiger partial charge in [0.05, 0.1) is 6.54 Å². The van der Waals surface area contributed by atoms with E-state index in [1.165, 1.54) is 5.56 Å². The summed E-state index contributed by atoms with van der Waals surface area (Å²) in [4.78, 5) is 20.9. The molecule has 1 aromatic carbocycles. The molecule has 0 atom stereocenters. The van der Waals surface area contributed by atoms with Crippen molar-refractivity contribution in [1.29, 1.82) is 0 Å². The number of amides is 1. The van der Waals surface area contributed by atoms with Crippen LogP contribution >= 0.6 is 0 Å². The highest BCUT2D eigenvalue weighted by atomic mass is 16.1. The third-order valence-electron chi connectivity index (χ3n) is 3.65. The first-order valence-electron chi connectivity index (χ1n) is 8.88. The molecule has 1 heterocycles. The maximum absolute atomic E-state index is 12.0. The molecule has 1 amide bonds. The number of carbonyl (C=O) groups is 1. The van der Waals surface area contributed by atoms with Gasteiger partial charge in [0.25, 0.3) is 0 Å². The Bertz CT molecular complexity index is 757. The molecule has 0 aliphatic carbocycles. The number of nitrogens with one attached hydrogen (secondary N) is 3. The molecule has 26 heavy (non-hydrogen) atoms. The molecular weight excluding hydrogens is 326 g/mol. The van der Waals surface area contributed by atoms with Crippen LogP contribution in [0, 0.1) is 13.8 Å². The van der Waals surface area contributed by atoms with Gasteiger partial charge in [-0.2, -0.15) is 0 Å². The predicted octanol–water partition coefficient (Wildman–Crippen LogP) is 2.78. The molecule has 0 unspecified atom stereocenters. The summed E-state index contributed by atoms with van der Waals surface area (Å²) in [5.41, 5.74) is 3.25. The number of hydrogen-bond donors (Lipinski definition) is 3. The van der Waals surface area contributed by atoms with E-state index in [0.29, 0.717) is 31.3 Å². The van der Waals surface area contributed by atoms with Crippen molar-refractivity contribution in [2.75, 3.05) is 18.4 Å². The Morgan fingerprint density at radius 2 is 1.92 bits per heavy atom. The highest BCUT2D eigenvalue weighted by molar-refractivity contribution is 5.90. The molecule has 3 N–H and O–H groups in total. The molecule has 0 saturated heterocycles. The second kappa shape index (κ2) is 10.2. The molecule has 2 aromatic rings. The lowest BCUT2D eigenvalue weighted by molar-refractivity contribution is -0.116. The maximum atomic E-state index is 12.0. The summed E-state index contributed by atoms with van der Waals surface area (Å²) in [6.45, 7) is 7.83. The number of aromatic nitrogens is 1. The van der Waals surface area contributed by atoms with Crippen molar-refractivity contribution in [3.63, 3.8) is 0 Å². The van der Waals surface area contributed by atoms with E-state index in [2.05, 4.69) is 51.0 Å². The number of guanidine groups is 1. The van der Waals surface area contributed by atoms with Gasteiger partial charge in [-0.1, -0.05) is 35.9 Å². The number of pyridine rings is 1. The van der Waals surface area contributed by atoms with Crippen LogP contribution in [-0.2, 0) is 11.3 Å². The number of carbonyl (C=O) groups excluding carboxylic acids is 1. The molecule has 2 rings (SSSR count). The van der Waals surface area contributed by atoms with Crippen molar-refractivity contribution in [1.82, 2.24) is 15.6 Å². The van der Waals surface area contributed by atoms with E-state index in [1.807, 2.05) is 32.0 Å². The van der Waals surface area contributed by atoms with E-state index < -0.39 is 0 Å². The zero-order valence-electron chi connectivity index (χ0n) is 15.7. The van der Waals surface area contributed by atoms with Crippen LogP contribution in [0.2, 0.25) is 0 Å². The monoisotopic (exact) mass is 353 g/mol. The van der Waals surface area contributed by atoms with Gasteiger partial charge in [-0.15, -0.1) is 0 Å². The van der Waals surface area contributed by atoms with Gasteiger partial charge in [0, 0.05) is 25.2 Å². The second-order valence-corrected chi connectivity index (χ2v) is 6.07. The van der Waals surface area contributed by atoms with Gasteiger partial charge < -0.3 is 16.0 Å². The SMILES string of the molecule is CCNC(=NCc1cccc(C)c1)NCCC(=O)Nc1cccc(C)n1. The van der Waals surface area contributed by atoms with E-state index in [4.69, 9.17) is 0 Å². The normalized spacial score (nSPS) is 11.1. The van der Waals surface area contributed by atoms with E-state index in [1.54, 1.807) is 6.07 Å². The largest absolute Gasteiger partial charge is 0.357 e. The van der Waals surface area contributed by atoms with Crippen LogP contribution in [0.1, 0.15) is 30.2 Å². The van der Waals surface area contributed by atoms with Gasteiger partial charge >= 0.3 is 0 Å². The fourth-order valence-electron chi connectivity index (χ4n) is 2.44. The minimum absolute atomic E-state index is 0.0786. The van der Waals surface area contributed by atoms with Crippen LogP contribution in [0.15, 0.2) is 47.5 Å². The Balaban J connectivity index is 1.81. The summed E-state index contributed by atoms with van der Waals surface area (Å²) in [7, 11) is 0. The lowest BCUT2D eigenvalue weighted by Crippen LogP contribution is -2.38. The first-order chi connectivity index (χ1) is 12.6. The zero-order chi connectivity index (χ0) is 18.8. The van der Waals surface area contributed by atoms with Crippen molar-refractivity contribution in [2.24, 2.45) is 4.99 Å². The number of aryl methyl sites for hydroxylation is 2. The van der Waals surface area contributed by atoms with Crippen LogP contribution in [0.25, 0.3) is 0 Å². The van der Waals surface area contributed by atoms with E-state index >= 15 is 0 Å². The molecule has 1 aromatic heterocycles.